The fourth-order valence-corrected chi connectivity index (χ4v) is 3.89. The maximum absolute atomic E-state index is 12.6. The van der Waals surface area contributed by atoms with Crippen LogP contribution >= 0.6 is 15.9 Å². The largest absolute Gasteiger partial charge is 0.489 e. The molecule has 39 heavy (non-hydrogen) atoms. The molecule has 0 heterocycles. The van der Waals surface area contributed by atoms with Crippen molar-refractivity contribution in [2.24, 2.45) is 5.10 Å². The summed E-state index contributed by atoms with van der Waals surface area (Å²) in [4.78, 5) is 25.1. The quantitative estimate of drug-likeness (QED) is 0.0995. The standard InChI is InChI=1S/C31H27BrN2O5/c1-21-7-6-10-24(17-21)31(36)39-29-16-11-26(32)18-25(29)19-33-34-30(35)22(2)38-28-14-12-27(13-15-28)37-20-23-8-4-3-5-9-23/h3-19,22H,20H2,1-2H3,(H,34,35). The number of hydrazone groups is 1. The third kappa shape index (κ3) is 8.28. The van der Waals surface area contributed by atoms with Crippen LogP contribution in [-0.2, 0) is 11.4 Å². The molecule has 0 radical (unpaired) electrons. The lowest BCUT2D eigenvalue weighted by atomic mass is 10.1. The SMILES string of the molecule is Cc1cccc(C(=O)Oc2ccc(Br)cc2C=NNC(=O)C(C)Oc2ccc(OCc3ccccc3)cc2)c1. The summed E-state index contributed by atoms with van der Waals surface area (Å²) in [5, 5.41) is 4.03. The van der Waals surface area contributed by atoms with Crippen molar-refractivity contribution >= 4 is 34.0 Å². The average molecular weight is 587 g/mol. The van der Waals surface area contributed by atoms with Crippen LogP contribution < -0.4 is 19.6 Å². The highest BCUT2D eigenvalue weighted by molar-refractivity contribution is 9.10. The minimum absolute atomic E-state index is 0.307. The molecule has 0 fully saturated rings. The highest BCUT2D eigenvalue weighted by Gasteiger charge is 2.15. The Bertz CT molecular complexity index is 1460. The van der Waals surface area contributed by atoms with E-state index in [1.54, 1.807) is 67.6 Å². The lowest BCUT2D eigenvalue weighted by molar-refractivity contribution is -0.127. The minimum Gasteiger partial charge on any atom is -0.489 e. The number of aryl methyl sites for hydroxylation is 1. The first-order chi connectivity index (χ1) is 18.9. The van der Waals surface area contributed by atoms with Gasteiger partial charge in [0, 0.05) is 10.0 Å². The van der Waals surface area contributed by atoms with Gasteiger partial charge in [-0.15, -0.1) is 0 Å². The van der Waals surface area contributed by atoms with Gasteiger partial charge in [0.15, 0.2) is 6.10 Å². The van der Waals surface area contributed by atoms with E-state index in [-0.39, 0.29) is 0 Å². The van der Waals surface area contributed by atoms with Crippen LogP contribution in [0.25, 0.3) is 0 Å². The third-order valence-electron chi connectivity index (χ3n) is 5.56. The fraction of sp³-hybridized carbons (Fsp3) is 0.129. The molecule has 0 aromatic heterocycles. The third-order valence-corrected chi connectivity index (χ3v) is 6.05. The van der Waals surface area contributed by atoms with Gasteiger partial charge in [-0.25, -0.2) is 10.2 Å². The van der Waals surface area contributed by atoms with Gasteiger partial charge in [0.05, 0.1) is 11.8 Å². The Balaban J connectivity index is 1.31. The lowest BCUT2D eigenvalue weighted by Gasteiger charge is -2.14. The number of carbonyl (C=O) groups excluding carboxylic acids is 2. The molecule has 0 saturated heterocycles. The highest BCUT2D eigenvalue weighted by Crippen LogP contribution is 2.23. The number of esters is 1. The summed E-state index contributed by atoms with van der Waals surface area (Å²) in [6, 6.07) is 29.2. The molecular formula is C31H27BrN2O5. The molecule has 0 aliphatic rings. The van der Waals surface area contributed by atoms with Gasteiger partial charge >= 0.3 is 5.97 Å². The van der Waals surface area contributed by atoms with Crippen molar-refractivity contribution in [3.8, 4) is 17.2 Å². The van der Waals surface area contributed by atoms with Crippen LogP contribution in [0.2, 0.25) is 0 Å². The number of hydrogen-bond donors (Lipinski definition) is 1. The zero-order valence-electron chi connectivity index (χ0n) is 21.5. The van der Waals surface area contributed by atoms with Crippen LogP contribution in [0.1, 0.15) is 34.0 Å². The van der Waals surface area contributed by atoms with Gasteiger partial charge in [-0.3, -0.25) is 4.79 Å². The van der Waals surface area contributed by atoms with Gasteiger partial charge in [0.25, 0.3) is 5.91 Å². The molecule has 0 bridgehead atoms. The molecule has 0 spiro atoms. The van der Waals surface area contributed by atoms with E-state index in [4.69, 9.17) is 14.2 Å². The van der Waals surface area contributed by atoms with Crippen molar-refractivity contribution in [1.82, 2.24) is 5.43 Å². The van der Waals surface area contributed by atoms with Gasteiger partial charge in [0.2, 0.25) is 0 Å². The maximum Gasteiger partial charge on any atom is 0.343 e. The molecule has 1 N–H and O–H groups in total. The summed E-state index contributed by atoms with van der Waals surface area (Å²) in [5.41, 5.74) is 5.44. The predicted molar refractivity (Wildman–Crippen MR) is 153 cm³/mol. The summed E-state index contributed by atoms with van der Waals surface area (Å²) >= 11 is 3.41. The van der Waals surface area contributed by atoms with E-state index < -0.39 is 18.0 Å². The maximum atomic E-state index is 12.6. The number of carbonyl (C=O) groups is 2. The molecule has 1 unspecified atom stereocenters. The van der Waals surface area contributed by atoms with E-state index in [1.807, 2.05) is 43.3 Å². The summed E-state index contributed by atoms with van der Waals surface area (Å²) in [6.45, 7) is 3.99. The van der Waals surface area contributed by atoms with Gasteiger partial charge < -0.3 is 14.2 Å². The Labute approximate surface area is 235 Å². The highest BCUT2D eigenvalue weighted by atomic mass is 79.9. The first-order valence-corrected chi connectivity index (χ1v) is 13.0. The number of hydrogen-bond acceptors (Lipinski definition) is 6. The van der Waals surface area contributed by atoms with Crippen LogP contribution in [0, 0.1) is 6.92 Å². The number of halogens is 1. The summed E-state index contributed by atoms with van der Waals surface area (Å²) in [5.74, 6) is 0.593. The van der Waals surface area contributed by atoms with E-state index in [9.17, 15) is 9.59 Å². The Kier molecular flexibility index (Phi) is 9.48. The van der Waals surface area contributed by atoms with Crippen molar-refractivity contribution in [3.63, 3.8) is 0 Å². The van der Waals surface area contributed by atoms with E-state index in [2.05, 4.69) is 26.5 Å². The smallest absolute Gasteiger partial charge is 0.343 e. The number of amides is 1. The summed E-state index contributed by atoms with van der Waals surface area (Å²) in [7, 11) is 0. The molecule has 1 atom stereocenters. The molecule has 0 aliphatic carbocycles. The lowest BCUT2D eigenvalue weighted by Crippen LogP contribution is -2.33. The van der Waals surface area contributed by atoms with Crippen molar-refractivity contribution in [1.29, 1.82) is 0 Å². The monoisotopic (exact) mass is 586 g/mol. The number of nitrogens with one attached hydrogen (secondary N) is 1. The van der Waals surface area contributed by atoms with Crippen molar-refractivity contribution in [2.45, 2.75) is 26.6 Å². The van der Waals surface area contributed by atoms with Crippen molar-refractivity contribution in [3.05, 3.63) is 124 Å². The van der Waals surface area contributed by atoms with Gasteiger partial charge in [-0.1, -0.05) is 64.0 Å². The first-order valence-electron chi connectivity index (χ1n) is 12.2. The molecule has 1 amide bonds. The second-order valence-corrected chi connectivity index (χ2v) is 9.60. The second kappa shape index (κ2) is 13.4. The van der Waals surface area contributed by atoms with E-state index >= 15 is 0 Å². The van der Waals surface area contributed by atoms with Crippen LogP contribution in [0.5, 0.6) is 17.2 Å². The molecule has 7 nitrogen and oxygen atoms in total. The first kappa shape index (κ1) is 27.6. The Hall–Kier alpha value is -4.43. The normalized spacial score (nSPS) is 11.6. The number of nitrogens with zero attached hydrogens (tertiary/aromatic N) is 1. The van der Waals surface area contributed by atoms with Gasteiger partial charge in [-0.05, 0) is 74.0 Å². The van der Waals surface area contributed by atoms with Crippen LogP contribution in [0.3, 0.4) is 0 Å². The van der Waals surface area contributed by atoms with E-state index in [0.717, 1.165) is 15.6 Å². The van der Waals surface area contributed by atoms with E-state index in [0.29, 0.717) is 35.0 Å². The zero-order valence-corrected chi connectivity index (χ0v) is 23.1. The molecule has 0 saturated carbocycles. The fourth-order valence-electron chi connectivity index (χ4n) is 3.51. The second-order valence-electron chi connectivity index (χ2n) is 8.68. The van der Waals surface area contributed by atoms with Crippen LogP contribution in [0.15, 0.2) is 107 Å². The Morgan fingerprint density at radius 2 is 1.67 bits per heavy atom. The van der Waals surface area contributed by atoms with Crippen molar-refractivity contribution in [2.75, 3.05) is 0 Å². The Morgan fingerprint density at radius 3 is 2.41 bits per heavy atom. The molecular weight excluding hydrogens is 560 g/mol. The topological polar surface area (TPSA) is 86.2 Å². The zero-order chi connectivity index (χ0) is 27.6. The van der Waals surface area contributed by atoms with Gasteiger partial charge in [0.1, 0.15) is 23.9 Å². The van der Waals surface area contributed by atoms with Gasteiger partial charge in [-0.2, -0.15) is 5.10 Å². The minimum atomic E-state index is -0.806. The number of rotatable bonds is 10. The average Bonchev–Trinajstić information content (AvgIpc) is 2.94. The Morgan fingerprint density at radius 1 is 0.923 bits per heavy atom. The molecule has 4 aromatic carbocycles. The van der Waals surface area contributed by atoms with Crippen LogP contribution in [0.4, 0.5) is 0 Å². The van der Waals surface area contributed by atoms with Crippen molar-refractivity contribution < 1.29 is 23.8 Å². The summed E-state index contributed by atoms with van der Waals surface area (Å²) < 4.78 is 17.9. The molecule has 4 aromatic rings. The van der Waals surface area contributed by atoms with E-state index in [1.165, 1.54) is 6.21 Å². The van der Waals surface area contributed by atoms with Crippen LogP contribution in [-0.4, -0.2) is 24.2 Å². The number of ether oxygens (including phenoxy) is 3. The molecule has 4 rings (SSSR count). The molecule has 198 valence electrons. The molecule has 8 heteroatoms. The predicted octanol–water partition coefficient (Wildman–Crippen LogP) is 6.47. The number of benzene rings is 4. The summed E-state index contributed by atoms with van der Waals surface area (Å²) in [6.07, 6.45) is 0.604. The molecule has 0 aliphatic heterocycles.